The first-order valence-electron chi connectivity index (χ1n) is 7.43. The second kappa shape index (κ2) is 5.45. The zero-order valence-corrected chi connectivity index (χ0v) is 13.1. The summed E-state index contributed by atoms with van der Waals surface area (Å²) < 4.78 is 5.94. The molecular formula is C15H22N2O2S. The third-order valence-electron chi connectivity index (χ3n) is 4.57. The smallest absolute Gasteiger partial charge is 0.223 e. The number of amides is 1. The van der Waals surface area contributed by atoms with Crippen LogP contribution in [0.4, 0.5) is 0 Å². The standard InChI is InChI=1S/C15H22N2O2S/c1-11-12(2)20-13(16-11)10-17-8-7-15(5-3-9-19-15)6-4-14(17)18/h3-10H2,1-2H3/t15-/m1/s1. The van der Waals surface area contributed by atoms with Crippen molar-refractivity contribution in [3.8, 4) is 0 Å². The molecular weight excluding hydrogens is 272 g/mol. The van der Waals surface area contributed by atoms with E-state index in [0.29, 0.717) is 13.0 Å². The Balaban J connectivity index is 1.68. The van der Waals surface area contributed by atoms with Crippen LogP contribution >= 0.6 is 11.3 Å². The number of nitrogens with zero attached hydrogens (tertiary/aromatic N) is 2. The van der Waals surface area contributed by atoms with Crippen LogP contribution in [0.1, 0.15) is 47.7 Å². The van der Waals surface area contributed by atoms with Gasteiger partial charge in [-0.1, -0.05) is 0 Å². The summed E-state index contributed by atoms with van der Waals surface area (Å²) >= 11 is 1.70. The fraction of sp³-hybridized carbons (Fsp3) is 0.733. The Morgan fingerprint density at radius 3 is 2.85 bits per heavy atom. The van der Waals surface area contributed by atoms with Gasteiger partial charge >= 0.3 is 0 Å². The highest BCUT2D eigenvalue weighted by molar-refractivity contribution is 7.11. The number of likely N-dealkylation sites (tertiary alicyclic amines) is 1. The van der Waals surface area contributed by atoms with Crippen LogP contribution in [0.2, 0.25) is 0 Å². The molecule has 0 N–H and O–H groups in total. The number of aromatic nitrogens is 1. The van der Waals surface area contributed by atoms with Gasteiger partial charge in [-0.05, 0) is 39.5 Å². The molecule has 20 heavy (non-hydrogen) atoms. The Labute approximate surface area is 124 Å². The molecule has 1 spiro atoms. The van der Waals surface area contributed by atoms with Crippen LogP contribution in [-0.4, -0.2) is 34.5 Å². The maximum atomic E-state index is 12.3. The van der Waals surface area contributed by atoms with E-state index in [4.69, 9.17) is 4.74 Å². The molecule has 1 aromatic heterocycles. The maximum Gasteiger partial charge on any atom is 0.223 e. The SMILES string of the molecule is Cc1nc(CN2CC[C@@]3(CCCO3)CCC2=O)sc1C. The number of rotatable bonds is 2. The second-order valence-corrected chi connectivity index (χ2v) is 7.24. The van der Waals surface area contributed by atoms with E-state index in [1.54, 1.807) is 11.3 Å². The summed E-state index contributed by atoms with van der Waals surface area (Å²) in [6, 6.07) is 0. The lowest BCUT2D eigenvalue weighted by atomic mass is 9.92. The number of aryl methyl sites for hydroxylation is 2. The summed E-state index contributed by atoms with van der Waals surface area (Å²) in [4.78, 5) is 20.1. The van der Waals surface area contributed by atoms with E-state index < -0.39 is 0 Å². The molecule has 2 saturated heterocycles. The maximum absolute atomic E-state index is 12.3. The van der Waals surface area contributed by atoms with E-state index in [2.05, 4.69) is 11.9 Å². The Kier molecular flexibility index (Phi) is 3.82. The minimum absolute atomic E-state index is 0.0148. The number of carbonyl (C=O) groups excluding carboxylic acids is 1. The molecule has 110 valence electrons. The van der Waals surface area contributed by atoms with Gasteiger partial charge in [0.1, 0.15) is 5.01 Å². The topological polar surface area (TPSA) is 42.4 Å². The number of hydrogen-bond acceptors (Lipinski definition) is 4. The molecule has 0 unspecified atom stereocenters. The van der Waals surface area contributed by atoms with Crippen LogP contribution in [-0.2, 0) is 16.1 Å². The van der Waals surface area contributed by atoms with Gasteiger partial charge < -0.3 is 9.64 Å². The van der Waals surface area contributed by atoms with E-state index >= 15 is 0 Å². The van der Waals surface area contributed by atoms with Crippen LogP contribution < -0.4 is 0 Å². The van der Waals surface area contributed by atoms with Crippen LogP contribution in [0.3, 0.4) is 0 Å². The molecule has 3 heterocycles. The van der Waals surface area contributed by atoms with E-state index in [1.807, 2.05) is 11.8 Å². The van der Waals surface area contributed by atoms with Gasteiger partial charge in [0, 0.05) is 24.4 Å². The molecule has 2 aliphatic rings. The van der Waals surface area contributed by atoms with Crippen molar-refractivity contribution >= 4 is 17.2 Å². The summed E-state index contributed by atoms with van der Waals surface area (Å²) in [5.74, 6) is 0.253. The third kappa shape index (κ3) is 2.74. The van der Waals surface area contributed by atoms with Gasteiger partial charge in [-0.2, -0.15) is 0 Å². The van der Waals surface area contributed by atoms with Gasteiger partial charge in [0.2, 0.25) is 5.91 Å². The van der Waals surface area contributed by atoms with Crippen molar-refractivity contribution in [1.82, 2.24) is 9.88 Å². The van der Waals surface area contributed by atoms with Crippen molar-refractivity contribution < 1.29 is 9.53 Å². The zero-order valence-electron chi connectivity index (χ0n) is 12.3. The number of thiazole rings is 1. The van der Waals surface area contributed by atoms with Crippen molar-refractivity contribution in [2.75, 3.05) is 13.2 Å². The lowest BCUT2D eigenvalue weighted by Crippen LogP contribution is -2.32. The quantitative estimate of drug-likeness (QED) is 0.842. The molecule has 2 aliphatic heterocycles. The zero-order chi connectivity index (χ0) is 14.2. The number of ether oxygens (including phenoxy) is 1. The molecule has 0 radical (unpaired) electrons. The lowest BCUT2D eigenvalue weighted by Gasteiger charge is -2.26. The molecule has 5 heteroatoms. The molecule has 0 bridgehead atoms. The van der Waals surface area contributed by atoms with Gasteiger partial charge in [-0.15, -0.1) is 11.3 Å². The fourth-order valence-corrected chi connectivity index (χ4v) is 4.12. The predicted octanol–water partition coefficient (Wildman–Crippen LogP) is 2.82. The molecule has 4 nitrogen and oxygen atoms in total. The Hall–Kier alpha value is -0.940. The molecule has 0 saturated carbocycles. The predicted molar refractivity (Wildman–Crippen MR) is 78.8 cm³/mol. The molecule has 0 aromatic carbocycles. The largest absolute Gasteiger partial charge is 0.375 e. The molecule has 2 fully saturated rings. The molecule has 3 rings (SSSR count). The summed E-state index contributed by atoms with van der Waals surface area (Å²) in [5.41, 5.74) is 1.07. The minimum Gasteiger partial charge on any atom is -0.375 e. The minimum atomic E-state index is -0.0148. The average Bonchev–Trinajstić information content (AvgIpc) is 2.96. The van der Waals surface area contributed by atoms with E-state index in [9.17, 15) is 4.79 Å². The van der Waals surface area contributed by atoms with Crippen LogP contribution in [0.25, 0.3) is 0 Å². The first kappa shape index (κ1) is 14.0. The first-order valence-corrected chi connectivity index (χ1v) is 8.24. The summed E-state index contributed by atoms with van der Waals surface area (Å²) in [6.45, 7) is 6.44. The van der Waals surface area contributed by atoms with Gasteiger partial charge in [0.15, 0.2) is 0 Å². The van der Waals surface area contributed by atoms with Crippen molar-refractivity contribution in [2.24, 2.45) is 0 Å². The van der Waals surface area contributed by atoms with Crippen molar-refractivity contribution in [1.29, 1.82) is 0 Å². The van der Waals surface area contributed by atoms with E-state index in [1.165, 1.54) is 4.88 Å². The van der Waals surface area contributed by atoms with E-state index in [0.717, 1.165) is 49.5 Å². The van der Waals surface area contributed by atoms with Gasteiger partial charge in [0.05, 0.1) is 17.8 Å². The number of carbonyl (C=O) groups is 1. The monoisotopic (exact) mass is 294 g/mol. The third-order valence-corrected chi connectivity index (χ3v) is 5.63. The average molecular weight is 294 g/mol. The Morgan fingerprint density at radius 2 is 2.20 bits per heavy atom. The summed E-state index contributed by atoms with van der Waals surface area (Å²) in [6.07, 6.45) is 4.73. The van der Waals surface area contributed by atoms with Gasteiger partial charge in [-0.25, -0.2) is 4.98 Å². The van der Waals surface area contributed by atoms with Gasteiger partial charge in [0.25, 0.3) is 0 Å². The Bertz CT molecular complexity index is 486. The van der Waals surface area contributed by atoms with Crippen molar-refractivity contribution in [3.05, 3.63) is 15.6 Å². The lowest BCUT2D eigenvalue weighted by molar-refractivity contribution is -0.131. The first-order chi connectivity index (χ1) is 9.58. The molecule has 1 atom stereocenters. The van der Waals surface area contributed by atoms with E-state index in [-0.39, 0.29) is 11.5 Å². The fourth-order valence-electron chi connectivity index (χ4n) is 3.17. The molecule has 0 aliphatic carbocycles. The highest BCUT2D eigenvalue weighted by Crippen LogP contribution is 2.36. The number of hydrogen-bond donors (Lipinski definition) is 0. The van der Waals surface area contributed by atoms with Gasteiger partial charge in [-0.3, -0.25) is 4.79 Å². The van der Waals surface area contributed by atoms with Crippen molar-refractivity contribution in [3.63, 3.8) is 0 Å². The van der Waals surface area contributed by atoms with Crippen LogP contribution in [0, 0.1) is 13.8 Å². The molecule has 1 amide bonds. The second-order valence-electron chi connectivity index (χ2n) is 5.95. The van der Waals surface area contributed by atoms with Crippen molar-refractivity contribution in [2.45, 2.75) is 58.1 Å². The molecule has 1 aromatic rings. The highest BCUT2D eigenvalue weighted by atomic mass is 32.1. The summed E-state index contributed by atoms with van der Waals surface area (Å²) in [7, 11) is 0. The normalized spacial score (nSPS) is 27.3. The highest BCUT2D eigenvalue weighted by Gasteiger charge is 2.38. The van der Waals surface area contributed by atoms with Crippen LogP contribution in [0.15, 0.2) is 0 Å². The Morgan fingerprint density at radius 1 is 1.35 bits per heavy atom. The summed E-state index contributed by atoms with van der Waals surface area (Å²) in [5, 5.41) is 1.05. The van der Waals surface area contributed by atoms with Crippen LogP contribution in [0.5, 0.6) is 0 Å².